The van der Waals surface area contributed by atoms with Gasteiger partial charge in [-0.2, -0.15) is 0 Å². The van der Waals surface area contributed by atoms with E-state index in [1.54, 1.807) is 43.3 Å². The van der Waals surface area contributed by atoms with E-state index in [9.17, 15) is 4.79 Å². The second-order valence-electron chi connectivity index (χ2n) is 4.51. The summed E-state index contributed by atoms with van der Waals surface area (Å²) in [5.74, 6) is 0.645. The van der Waals surface area contributed by atoms with Gasteiger partial charge < -0.3 is 14.7 Å². The number of ketones is 1. The summed E-state index contributed by atoms with van der Waals surface area (Å²) in [5, 5.41) is 12.3. The largest absolute Gasteiger partial charge is 0.454 e. The first-order chi connectivity index (χ1) is 10.2. The van der Waals surface area contributed by atoms with Gasteiger partial charge in [0.25, 0.3) is 0 Å². The molecule has 1 aliphatic heterocycles. The maximum absolute atomic E-state index is 12.5. The summed E-state index contributed by atoms with van der Waals surface area (Å²) in [6.07, 6.45) is 0. The Hall–Kier alpha value is -2.89. The van der Waals surface area contributed by atoms with Crippen LogP contribution in [0.15, 0.2) is 41.6 Å². The normalized spacial score (nSPS) is 13.3. The van der Waals surface area contributed by atoms with Gasteiger partial charge in [0.15, 0.2) is 17.2 Å². The zero-order chi connectivity index (χ0) is 14.8. The standard InChI is InChI=1S/C15H12N2O4/c1-9-3-2-4-11(16-9)14(17-19)15(18)10-5-6-12-13(7-10)21-8-20-12/h2-7,19H,8H2,1H3/b17-14+. The molecule has 0 saturated carbocycles. The number of benzene rings is 1. The number of aromatic nitrogens is 1. The van der Waals surface area contributed by atoms with E-state index in [2.05, 4.69) is 10.1 Å². The predicted octanol–water partition coefficient (Wildman–Crippen LogP) is 2.18. The van der Waals surface area contributed by atoms with E-state index in [-0.39, 0.29) is 12.5 Å². The molecule has 0 spiro atoms. The first kappa shape index (κ1) is 13.1. The van der Waals surface area contributed by atoms with Crippen LogP contribution < -0.4 is 9.47 Å². The average molecular weight is 284 g/mol. The fourth-order valence-electron chi connectivity index (χ4n) is 2.06. The molecule has 1 aromatic heterocycles. The monoisotopic (exact) mass is 284 g/mol. The molecule has 3 rings (SSSR count). The Morgan fingerprint density at radius 1 is 1.24 bits per heavy atom. The third-order valence-electron chi connectivity index (χ3n) is 3.08. The van der Waals surface area contributed by atoms with Gasteiger partial charge in [0.1, 0.15) is 0 Å². The Morgan fingerprint density at radius 2 is 2.05 bits per heavy atom. The van der Waals surface area contributed by atoms with Gasteiger partial charge >= 0.3 is 0 Å². The van der Waals surface area contributed by atoms with Crippen LogP contribution in [-0.4, -0.2) is 28.5 Å². The maximum Gasteiger partial charge on any atom is 0.231 e. The number of oxime groups is 1. The summed E-state index contributed by atoms with van der Waals surface area (Å²) in [6.45, 7) is 1.93. The summed E-state index contributed by atoms with van der Waals surface area (Å²) in [4.78, 5) is 16.7. The number of nitrogens with zero attached hydrogens (tertiary/aromatic N) is 2. The first-order valence-electron chi connectivity index (χ1n) is 6.29. The highest BCUT2D eigenvalue weighted by atomic mass is 16.7. The highest BCUT2D eigenvalue weighted by Crippen LogP contribution is 2.32. The second kappa shape index (κ2) is 5.24. The second-order valence-corrected chi connectivity index (χ2v) is 4.51. The number of rotatable bonds is 3. The lowest BCUT2D eigenvalue weighted by Gasteiger charge is -2.05. The van der Waals surface area contributed by atoms with Gasteiger partial charge in [0.05, 0.1) is 5.69 Å². The van der Waals surface area contributed by atoms with E-state index in [4.69, 9.17) is 14.7 Å². The zero-order valence-corrected chi connectivity index (χ0v) is 11.2. The van der Waals surface area contributed by atoms with Crippen molar-refractivity contribution in [2.45, 2.75) is 6.92 Å². The van der Waals surface area contributed by atoms with E-state index in [1.165, 1.54) is 0 Å². The van der Waals surface area contributed by atoms with E-state index in [0.717, 1.165) is 5.69 Å². The van der Waals surface area contributed by atoms with Gasteiger partial charge in [0.2, 0.25) is 12.6 Å². The summed E-state index contributed by atoms with van der Waals surface area (Å²) in [5.41, 5.74) is 1.28. The molecule has 0 bridgehead atoms. The van der Waals surface area contributed by atoms with Crippen molar-refractivity contribution in [1.82, 2.24) is 4.98 Å². The van der Waals surface area contributed by atoms with Crippen LogP contribution in [0.3, 0.4) is 0 Å². The lowest BCUT2D eigenvalue weighted by atomic mass is 10.0. The minimum atomic E-state index is -0.436. The van der Waals surface area contributed by atoms with Crippen LogP contribution in [0, 0.1) is 6.92 Å². The van der Waals surface area contributed by atoms with Crippen molar-refractivity contribution in [3.8, 4) is 11.5 Å². The van der Waals surface area contributed by atoms with Crippen molar-refractivity contribution in [2.75, 3.05) is 6.79 Å². The van der Waals surface area contributed by atoms with Gasteiger partial charge in [0, 0.05) is 11.3 Å². The molecule has 21 heavy (non-hydrogen) atoms. The summed E-state index contributed by atoms with van der Waals surface area (Å²) in [7, 11) is 0. The third-order valence-corrected chi connectivity index (χ3v) is 3.08. The van der Waals surface area contributed by atoms with Crippen LogP contribution in [0.4, 0.5) is 0 Å². The average Bonchev–Trinajstić information content (AvgIpc) is 2.95. The van der Waals surface area contributed by atoms with Gasteiger partial charge in [-0.15, -0.1) is 0 Å². The Kier molecular flexibility index (Phi) is 3.27. The first-order valence-corrected chi connectivity index (χ1v) is 6.29. The van der Waals surface area contributed by atoms with E-state index >= 15 is 0 Å². The molecular formula is C15H12N2O4. The fraction of sp³-hybridized carbons (Fsp3) is 0.133. The van der Waals surface area contributed by atoms with E-state index in [1.807, 2.05) is 0 Å². The molecule has 6 heteroatoms. The lowest BCUT2D eigenvalue weighted by Crippen LogP contribution is -2.17. The molecule has 1 aliphatic rings. The fourth-order valence-corrected chi connectivity index (χ4v) is 2.06. The van der Waals surface area contributed by atoms with Crippen molar-refractivity contribution in [2.24, 2.45) is 5.16 Å². The third kappa shape index (κ3) is 2.43. The Balaban J connectivity index is 1.96. The molecule has 2 heterocycles. The van der Waals surface area contributed by atoms with Crippen LogP contribution in [-0.2, 0) is 0 Å². The predicted molar refractivity (Wildman–Crippen MR) is 74.2 cm³/mol. The molecule has 0 aliphatic carbocycles. The minimum absolute atomic E-state index is 0.113. The molecular weight excluding hydrogens is 272 g/mol. The lowest BCUT2D eigenvalue weighted by molar-refractivity contribution is 0.106. The molecule has 0 fully saturated rings. The number of aryl methyl sites for hydroxylation is 1. The van der Waals surface area contributed by atoms with Gasteiger partial charge in [-0.25, -0.2) is 0 Å². The number of carbonyl (C=O) groups excluding carboxylic acids is 1. The number of pyridine rings is 1. The summed E-state index contributed by atoms with van der Waals surface area (Å²) >= 11 is 0. The van der Waals surface area contributed by atoms with Crippen molar-refractivity contribution in [1.29, 1.82) is 0 Å². The number of carbonyl (C=O) groups is 1. The summed E-state index contributed by atoms with van der Waals surface area (Å²) in [6, 6.07) is 9.96. The smallest absolute Gasteiger partial charge is 0.231 e. The molecule has 0 radical (unpaired) electrons. The van der Waals surface area contributed by atoms with Crippen molar-refractivity contribution < 1.29 is 19.5 Å². The minimum Gasteiger partial charge on any atom is -0.454 e. The molecule has 0 atom stereocenters. The highest BCUT2D eigenvalue weighted by Gasteiger charge is 2.22. The molecule has 2 aromatic rings. The van der Waals surface area contributed by atoms with Crippen molar-refractivity contribution in [3.05, 3.63) is 53.3 Å². The quantitative estimate of drug-likeness (QED) is 0.404. The maximum atomic E-state index is 12.5. The Bertz CT molecular complexity index is 740. The molecule has 0 saturated heterocycles. The SMILES string of the molecule is Cc1cccc(/C(=N\O)C(=O)c2ccc3c(c2)OCO3)n1. The van der Waals surface area contributed by atoms with Gasteiger partial charge in [-0.05, 0) is 37.3 Å². The van der Waals surface area contributed by atoms with E-state index < -0.39 is 5.78 Å². The molecule has 1 aromatic carbocycles. The highest BCUT2D eigenvalue weighted by molar-refractivity contribution is 6.50. The summed E-state index contributed by atoms with van der Waals surface area (Å²) < 4.78 is 10.4. The van der Waals surface area contributed by atoms with Crippen LogP contribution in [0.5, 0.6) is 11.5 Å². The van der Waals surface area contributed by atoms with Gasteiger partial charge in [-0.3, -0.25) is 9.78 Å². The van der Waals surface area contributed by atoms with Crippen molar-refractivity contribution in [3.63, 3.8) is 0 Å². The Labute approximate surface area is 120 Å². The number of fused-ring (bicyclic) bond motifs is 1. The van der Waals surface area contributed by atoms with Crippen molar-refractivity contribution >= 4 is 11.5 Å². The number of Topliss-reactive ketones (excluding diaryl/α,β-unsaturated/α-hetero) is 1. The van der Waals surface area contributed by atoms with Crippen LogP contribution >= 0.6 is 0 Å². The molecule has 6 nitrogen and oxygen atoms in total. The number of hydrogen-bond acceptors (Lipinski definition) is 6. The van der Waals surface area contributed by atoms with Crippen LogP contribution in [0.2, 0.25) is 0 Å². The number of ether oxygens (including phenoxy) is 2. The molecule has 0 amide bonds. The van der Waals surface area contributed by atoms with Gasteiger partial charge in [-0.1, -0.05) is 11.2 Å². The van der Waals surface area contributed by atoms with Crippen LogP contribution in [0.1, 0.15) is 21.7 Å². The molecule has 106 valence electrons. The molecule has 1 N–H and O–H groups in total. The Morgan fingerprint density at radius 3 is 2.81 bits per heavy atom. The molecule has 0 unspecified atom stereocenters. The zero-order valence-electron chi connectivity index (χ0n) is 11.2. The number of hydrogen-bond donors (Lipinski definition) is 1. The van der Waals surface area contributed by atoms with E-state index in [0.29, 0.717) is 22.8 Å². The van der Waals surface area contributed by atoms with Crippen LogP contribution in [0.25, 0.3) is 0 Å². The topological polar surface area (TPSA) is 81.0 Å².